The highest BCUT2D eigenvalue weighted by atomic mass is 16.1. The lowest BCUT2D eigenvalue weighted by Crippen LogP contribution is -2.02. The number of carbonyl (C=O) groups is 1. The van der Waals surface area contributed by atoms with Crippen molar-refractivity contribution in [1.82, 2.24) is 15.0 Å². The average molecular weight is 284 g/mol. The third-order valence-electron chi connectivity index (χ3n) is 3.23. The maximum atomic E-state index is 11.2. The second-order valence-electron chi connectivity index (χ2n) is 4.92. The molecule has 0 spiro atoms. The van der Waals surface area contributed by atoms with Gasteiger partial charge in [-0.1, -0.05) is 30.9 Å². The van der Waals surface area contributed by atoms with E-state index in [-0.39, 0.29) is 5.78 Å². The molecule has 0 unspecified atom stereocenters. The van der Waals surface area contributed by atoms with E-state index in [9.17, 15) is 4.79 Å². The number of hydrogen-bond acceptors (Lipinski definition) is 4. The van der Waals surface area contributed by atoms with Crippen LogP contribution < -0.4 is 0 Å². The summed E-state index contributed by atoms with van der Waals surface area (Å²) >= 11 is 0. The Balaban J connectivity index is 1.83. The molecule has 1 aromatic rings. The second kappa shape index (κ2) is 7.47. The van der Waals surface area contributed by atoms with Gasteiger partial charge in [-0.3, -0.25) is 9.79 Å². The largest absolute Gasteiger partial charge is 0.299 e. The van der Waals surface area contributed by atoms with Gasteiger partial charge >= 0.3 is 0 Å². The highest BCUT2D eigenvalue weighted by Gasteiger charge is 2.11. The molecule has 0 saturated heterocycles. The summed E-state index contributed by atoms with van der Waals surface area (Å²) in [6.07, 6.45) is 12.4. The highest BCUT2D eigenvalue weighted by Crippen LogP contribution is 2.15. The topological polar surface area (TPSA) is 60.1 Å². The number of nitrogens with zero attached hydrogens (tertiary/aromatic N) is 4. The van der Waals surface area contributed by atoms with Crippen molar-refractivity contribution in [3.8, 4) is 0 Å². The number of carbonyl (C=O) groups excluding carboxylic acids is 1. The van der Waals surface area contributed by atoms with Gasteiger partial charge in [0.2, 0.25) is 0 Å². The molecule has 0 bridgehead atoms. The Kier molecular flexibility index (Phi) is 5.37. The van der Waals surface area contributed by atoms with Gasteiger partial charge in [0.15, 0.2) is 0 Å². The zero-order chi connectivity index (χ0) is 15.1. The van der Waals surface area contributed by atoms with Crippen LogP contribution in [0.15, 0.2) is 35.4 Å². The Morgan fingerprint density at radius 3 is 3.24 bits per heavy atom. The molecule has 1 aliphatic carbocycles. The molecule has 0 aliphatic heterocycles. The molecule has 0 aromatic carbocycles. The zero-order valence-electron chi connectivity index (χ0n) is 12.3. The van der Waals surface area contributed by atoms with Gasteiger partial charge < -0.3 is 0 Å². The van der Waals surface area contributed by atoms with E-state index in [0.29, 0.717) is 19.5 Å². The van der Waals surface area contributed by atoms with E-state index in [1.54, 1.807) is 17.0 Å². The SMILES string of the molecule is C=C(/C=C\C=N\Cn1nnc2c1C=CCC2)CC(=O)CC. The first-order chi connectivity index (χ1) is 10.2. The van der Waals surface area contributed by atoms with E-state index in [2.05, 4.69) is 28.0 Å². The minimum absolute atomic E-state index is 0.197. The minimum Gasteiger partial charge on any atom is -0.299 e. The number of Topliss-reactive ketones (excluding diaryl/α,β-unsaturated/α-hetero) is 1. The molecular weight excluding hydrogens is 264 g/mol. The minimum atomic E-state index is 0.197. The van der Waals surface area contributed by atoms with Crippen LogP contribution in [0.2, 0.25) is 0 Å². The zero-order valence-corrected chi connectivity index (χ0v) is 12.3. The lowest BCUT2D eigenvalue weighted by Gasteiger charge is -2.04. The van der Waals surface area contributed by atoms with Crippen LogP contribution in [-0.2, 0) is 17.9 Å². The molecule has 0 fully saturated rings. The Labute approximate surface area is 124 Å². The summed E-state index contributed by atoms with van der Waals surface area (Å²) in [5, 5.41) is 8.24. The molecule has 5 nitrogen and oxygen atoms in total. The van der Waals surface area contributed by atoms with Crippen LogP contribution >= 0.6 is 0 Å². The van der Waals surface area contributed by atoms with Crippen molar-refractivity contribution >= 4 is 18.1 Å². The summed E-state index contributed by atoms with van der Waals surface area (Å²) in [5.41, 5.74) is 2.88. The van der Waals surface area contributed by atoms with E-state index in [1.165, 1.54) is 0 Å². The highest BCUT2D eigenvalue weighted by molar-refractivity contribution is 5.81. The Morgan fingerprint density at radius 2 is 2.43 bits per heavy atom. The predicted octanol–water partition coefficient (Wildman–Crippen LogP) is 2.75. The van der Waals surface area contributed by atoms with Crippen molar-refractivity contribution in [3.63, 3.8) is 0 Å². The maximum Gasteiger partial charge on any atom is 0.136 e. The van der Waals surface area contributed by atoms with Crippen molar-refractivity contribution in [2.75, 3.05) is 0 Å². The lowest BCUT2D eigenvalue weighted by molar-refractivity contribution is -0.118. The van der Waals surface area contributed by atoms with Gasteiger partial charge in [-0.15, -0.1) is 5.10 Å². The van der Waals surface area contributed by atoms with Crippen molar-refractivity contribution in [2.45, 2.75) is 39.3 Å². The molecule has 0 radical (unpaired) electrons. The van der Waals surface area contributed by atoms with E-state index >= 15 is 0 Å². The number of allylic oxidation sites excluding steroid dienone is 4. The molecule has 0 saturated carbocycles. The molecule has 110 valence electrons. The van der Waals surface area contributed by atoms with Crippen LogP contribution in [0.25, 0.3) is 6.08 Å². The maximum absolute atomic E-state index is 11.2. The quantitative estimate of drug-likeness (QED) is 0.571. The number of rotatable bonds is 7. The lowest BCUT2D eigenvalue weighted by atomic mass is 10.1. The summed E-state index contributed by atoms with van der Waals surface area (Å²) in [6, 6.07) is 0. The first-order valence-electron chi connectivity index (χ1n) is 7.15. The summed E-state index contributed by atoms with van der Waals surface area (Å²) in [4.78, 5) is 15.5. The van der Waals surface area contributed by atoms with E-state index < -0.39 is 0 Å². The van der Waals surface area contributed by atoms with Crippen LogP contribution in [0.3, 0.4) is 0 Å². The van der Waals surface area contributed by atoms with Gasteiger partial charge in [0.1, 0.15) is 12.5 Å². The van der Waals surface area contributed by atoms with E-state index in [0.717, 1.165) is 29.8 Å². The first kappa shape index (κ1) is 15.1. The average Bonchev–Trinajstić information content (AvgIpc) is 2.90. The third-order valence-corrected chi connectivity index (χ3v) is 3.23. The Morgan fingerprint density at radius 1 is 1.57 bits per heavy atom. The number of ketones is 1. The van der Waals surface area contributed by atoms with Crippen LogP contribution in [-0.4, -0.2) is 27.0 Å². The van der Waals surface area contributed by atoms with Gasteiger partial charge in [0.25, 0.3) is 0 Å². The van der Waals surface area contributed by atoms with Crippen molar-refractivity contribution in [1.29, 1.82) is 0 Å². The molecule has 1 heterocycles. The second-order valence-corrected chi connectivity index (χ2v) is 4.92. The first-order valence-corrected chi connectivity index (χ1v) is 7.15. The molecule has 0 N–H and O–H groups in total. The van der Waals surface area contributed by atoms with Gasteiger partial charge in [0, 0.05) is 19.1 Å². The van der Waals surface area contributed by atoms with Crippen molar-refractivity contribution in [3.05, 3.63) is 41.8 Å². The Bertz CT molecular complexity index is 608. The van der Waals surface area contributed by atoms with Gasteiger partial charge in [0.05, 0.1) is 11.4 Å². The summed E-state index contributed by atoms with van der Waals surface area (Å²) in [5.74, 6) is 0.197. The third kappa shape index (κ3) is 4.34. The van der Waals surface area contributed by atoms with Crippen molar-refractivity contribution < 1.29 is 4.79 Å². The van der Waals surface area contributed by atoms with Crippen LogP contribution in [0, 0.1) is 0 Å². The van der Waals surface area contributed by atoms with Gasteiger partial charge in [-0.05, 0) is 30.6 Å². The summed E-state index contributed by atoms with van der Waals surface area (Å²) in [7, 11) is 0. The number of aryl methyl sites for hydroxylation is 1. The molecule has 2 rings (SSSR count). The normalized spacial score (nSPS) is 14.0. The number of aromatic nitrogens is 3. The predicted molar refractivity (Wildman–Crippen MR) is 84.1 cm³/mol. The fraction of sp³-hybridized carbons (Fsp3) is 0.375. The molecule has 0 amide bonds. The standard InChI is InChI=1S/C16H20N4O/c1-3-14(21)11-13(2)7-6-10-17-12-20-16-9-5-4-8-15(16)18-19-20/h5-7,9-10H,2-4,8,11-12H2,1H3/b7-6-,17-10+. The van der Waals surface area contributed by atoms with E-state index in [1.807, 2.05) is 19.1 Å². The van der Waals surface area contributed by atoms with E-state index in [4.69, 9.17) is 0 Å². The monoisotopic (exact) mass is 284 g/mol. The van der Waals surface area contributed by atoms with Crippen LogP contribution in [0.1, 0.15) is 37.6 Å². The molecule has 0 atom stereocenters. The summed E-state index contributed by atoms with van der Waals surface area (Å²) in [6.45, 7) is 6.14. The van der Waals surface area contributed by atoms with Crippen LogP contribution in [0.4, 0.5) is 0 Å². The summed E-state index contributed by atoms with van der Waals surface area (Å²) < 4.78 is 1.78. The molecule has 1 aromatic heterocycles. The Hall–Kier alpha value is -2.30. The molecular formula is C16H20N4O. The van der Waals surface area contributed by atoms with Gasteiger partial charge in [-0.2, -0.15) is 0 Å². The molecule has 21 heavy (non-hydrogen) atoms. The molecule has 5 heteroatoms. The number of hydrogen-bond donors (Lipinski definition) is 0. The smallest absolute Gasteiger partial charge is 0.136 e. The van der Waals surface area contributed by atoms with Gasteiger partial charge in [-0.25, -0.2) is 4.68 Å². The number of fused-ring (bicyclic) bond motifs is 1. The molecule has 1 aliphatic rings. The fourth-order valence-corrected chi connectivity index (χ4v) is 2.04. The van der Waals surface area contributed by atoms with Crippen LogP contribution in [0.5, 0.6) is 0 Å². The number of aliphatic imine (C=N–C) groups is 1. The van der Waals surface area contributed by atoms with Crippen molar-refractivity contribution in [2.24, 2.45) is 4.99 Å². The fourth-order valence-electron chi connectivity index (χ4n) is 2.04.